The zero-order valence-electron chi connectivity index (χ0n) is 11.9. The molecule has 0 aliphatic heterocycles. The molecule has 19 heavy (non-hydrogen) atoms. The van der Waals surface area contributed by atoms with Crippen LogP contribution in [0.1, 0.15) is 13.8 Å². The molecule has 0 aliphatic carbocycles. The zero-order chi connectivity index (χ0) is 14.6. The average Bonchev–Trinajstić information content (AvgIpc) is 2.44. The summed E-state index contributed by atoms with van der Waals surface area (Å²) in [5.41, 5.74) is -0.576. The van der Waals surface area contributed by atoms with Crippen LogP contribution in [0.5, 0.6) is 5.75 Å². The summed E-state index contributed by atoms with van der Waals surface area (Å²) < 4.78 is 9.77. The Morgan fingerprint density at radius 1 is 1.21 bits per heavy atom. The molecule has 0 saturated heterocycles. The highest BCUT2D eigenvalue weighted by molar-refractivity contribution is 6.09. The molecule has 0 radical (unpaired) electrons. The van der Waals surface area contributed by atoms with E-state index in [4.69, 9.17) is 4.74 Å². The summed E-state index contributed by atoms with van der Waals surface area (Å²) in [6.07, 6.45) is 0. The zero-order valence-corrected chi connectivity index (χ0v) is 11.9. The molecule has 5 heteroatoms. The van der Waals surface area contributed by atoms with Crippen LogP contribution in [-0.2, 0) is 14.3 Å². The first kappa shape index (κ1) is 15.0. The van der Waals surface area contributed by atoms with Crippen LogP contribution in [-0.4, -0.2) is 33.1 Å². The molecule has 0 atom stereocenters. The number of carbonyl (C=O) groups is 2. The van der Waals surface area contributed by atoms with Gasteiger partial charge in [0.15, 0.2) is 0 Å². The molecule has 1 aromatic carbocycles. The number of rotatable bonds is 4. The second-order valence-corrected chi connectivity index (χ2v) is 4.68. The lowest BCUT2D eigenvalue weighted by atomic mass is 9.91. The second kappa shape index (κ2) is 5.73. The quantitative estimate of drug-likeness (QED) is 0.616. The number of hydrogen-bond donors (Lipinski definition) is 0. The summed E-state index contributed by atoms with van der Waals surface area (Å²) in [6.45, 7) is 3.08. The monoisotopic (exact) mass is 265 g/mol. The van der Waals surface area contributed by atoms with E-state index in [9.17, 15) is 9.59 Å². The third-order valence-electron chi connectivity index (χ3n) is 2.98. The number of methoxy groups -OCH3 is 2. The van der Waals surface area contributed by atoms with Gasteiger partial charge in [0.1, 0.15) is 11.2 Å². The van der Waals surface area contributed by atoms with Crippen molar-refractivity contribution in [2.24, 2.45) is 5.41 Å². The van der Waals surface area contributed by atoms with Crippen molar-refractivity contribution in [2.45, 2.75) is 13.8 Å². The molecule has 0 saturated carbocycles. The van der Waals surface area contributed by atoms with Crippen molar-refractivity contribution in [1.29, 1.82) is 0 Å². The summed E-state index contributed by atoms with van der Waals surface area (Å²) in [4.78, 5) is 25.4. The molecule has 0 bridgehead atoms. The van der Waals surface area contributed by atoms with Crippen LogP contribution in [0.25, 0.3) is 0 Å². The van der Waals surface area contributed by atoms with Crippen molar-refractivity contribution in [3.63, 3.8) is 0 Å². The third kappa shape index (κ3) is 3.05. The van der Waals surface area contributed by atoms with Crippen LogP contribution in [0, 0.1) is 5.41 Å². The van der Waals surface area contributed by atoms with Gasteiger partial charge in [-0.15, -0.1) is 0 Å². The molecule has 0 aliphatic rings. The van der Waals surface area contributed by atoms with Crippen LogP contribution in [0.3, 0.4) is 0 Å². The number of amides is 1. The minimum absolute atomic E-state index is 0.340. The molecule has 5 nitrogen and oxygen atoms in total. The molecule has 0 aromatic heterocycles. The largest absolute Gasteiger partial charge is 0.497 e. The number of anilines is 1. The van der Waals surface area contributed by atoms with Crippen LogP contribution >= 0.6 is 0 Å². The number of ether oxygens (including phenoxy) is 2. The number of esters is 1. The maximum absolute atomic E-state index is 12.3. The van der Waals surface area contributed by atoms with Crippen LogP contribution in [0.2, 0.25) is 0 Å². The van der Waals surface area contributed by atoms with E-state index in [1.807, 2.05) is 0 Å². The molecule has 104 valence electrons. The Morgan fingerprint density at radius 3 is 2.37 bits per heavy atom. The topological polar surface area (TPSA) is 55.8 Å². The van der Waals surface area contributed by atoms with Crippen molar-refractivity contribution in [3.05, 3.63) is 24.3 Å². The minimum atomic E-state index is -1.23. The van der Waals surface area contributed by atoms with Gasteiger partial charge in [-0.2, -0.15) is 0 Å². The second-order valence-electron chi connectivity index (χ2n) is 4.68. The number of hydrogen-bond acceptors (Lipinski definition) is 4. The van der Waals surface area contributed by atoms with Crippen molar-refractivity contribution >= 4 is 17.6 Å². The Labute approximate surface area is 113 Å². The standard InChI is InChI=1S/C14H19NO4/c1-14(2,13(17)19-5)12(16)15(3)10-7-6-8-11(9-10)18-4/h6-9H,1-5H3. The van der Waals surface area contributed by atoms with E-state index in [0.29, 0.717) is 11.4 Å². The number of carbonyl (C=O) groups excluding carboxylic acids is 2. The molecule has 0 heterocycles. The molecule has 0 N–H and O–H groups in total. The molecule has 0 fully saturated rings. The van der Waals surface area contributed by atoms with Gasteiger partial charge < -0.3 is 14.4 Å². The predicted octanol–water partition coefficient (Wildman–Crippen LogP) is 1.86. The van der Waals surface area contributed by atoms with Crippen molar-refractivity contribution in [3.8, 4) is 5.75 Å². The lowest BCUT2D eigenvalue weighted by Crippen LogP contribution is -2.44. The summed E-state index contributed by atoms with van der Waals surface area (Å²) >= 11 is 0. The Kier molecular flexibility index (Phi) is 4.53. The summed E-state index contributed by atoms with van der Waals surface area (Å²) in [5.74, 6) is -0.257. The van der Waals surface area contributed by atoms with E-state index in [0.717, 1.165) is 0 Å². The minimum Gasteiger partial charge on any atom is -0.497 e. The van der Waals surface area contributed by atoms with Gasteiger partial charge in [0, 0.05) is 18.8 Å². The normalized spacial score (nSPS) is 10.8. The lowest BCUT2D eigenvalue weighted by Gasteiger charge is -2.27. The molecule has 1 amide bonds. The predicted molar refractivity (Wildman–Crippen MR) is 72.2 cm³/mol. The van der Waals surface area contributed by atoms with Gasteiger partial charge in [0.05, 0.1) is 14.2 Å². The summed E-state index contributed by atoms with van der Waals surface area (Å²) in [7, 11) is 4.43. The molecular weight excluding hydrogens is 246 g/mol. The Bertz CT molecular complexity index is 482. The maximum atomic E-state index is 12.3. The van der Waals surface area contributed by atoms with E-state index in [2.05, 4.69) is 4.74 Å². The van der Waals surface area contributed by atoms with Gasteiger partial charge in [-0.05, 0) is 26.0 Å². The number of benzene rings is 1. The van der Waals surface area contributed by atoms with E-state index in [1.54, 1.807) is 38.4 Å². The fraction of sp³-hybridized carbons (Fsp3) is 0.429. The fourth-order valence-electron chi connectivity index (χ4n) is 1.70. The first-order chi connectivity index (χ1) is 8.84. The summed E-state index contributed by atoms with van der Waals surface area (Å²) in [5, 5.41) is 0. The van der Waals surface area contributed by atoms with Crippen molar-refractivity contribution < 1.29 is 19.1 Å². The highest BCUT2D eigenvalue weighted by Gasteiger charge is 2.39. The molecule has 0 unspecified atom stereocenters. The first-order valence-electron chi connectivity index (χ1n) is 5.85. The van der Waals surface area contributed by atoms with Gasteiger partial charge in [-0.1, -0.05) is 6.07 Å². The van der Waals surface area contributed by atoms with E-state index in [1.165, 1.54) is 25.9 Å². The summed E-state index contributed by atoms with van der Waals surface area (Å²) in [6, 6.07) is 7.06. The van der Waals surface area contributed by atoms with Gasteiger partial charge in [0.25, 0.3) is 0 Å². The van der Waals surface area contributed by atoms with E-state index >= 15 is 0 Å². The Hall–Kier alpha value is -2.04. The van der Waals surface area contributed by atoms with Crippen molar-refractivity contribution in [2.75, 3.05) is 26.2 Å². The molecule has 0 spiro atoms. The van der Waals surface area contributed by atoms with Gasteiger partial charge in [0.2, 0.25) is 5.91 Å². The maximum Gasteiger partial charge on any atom is 0.320 e. The molecular formula is C14H19NO4. The van der Waals surface area contributed by atoms with E-state index in [-0.39, 0.29) is 5.91 Å². The highest BCUT2D eigenvalue weighted by atomic mass is 16.5. The Balaban J connectivity index is 3.02. The molecule has 1 rings (SSSR count). The Morgan fingerprint density at radius 2 is 1.84 bits per heavy atom. The average molecular weight is 265 g/mol. The smallest absolute Gasteiger partial charge is 0.320 e. The van der Waals surface area contributed by atoms with Crippen molar-refractivity contribution in [1.82, 2.24) is 0 Å². The van der Waals surface area contributed by atoms with Gasteiger partial charge in [-0.3, -0.25) is 9.59 Å². The van der Waals surface area contributed by atoms with Crippen LogP contribution in [0.4, 0.5) is 5.69 Å². The highest BCUT2D eigenvalue weighted by Crippen LogP contribution is 2.26. The molecule has 1 aromatic rings. The van der Waals surface area contributed by atoms with Gasteiger partial charge >= 0.3 is 5.97 Å². The lowest BCUT2D eigenvalue weighted by molar-refractivity contribution is -0.155. The third-order valence-corrected chi connectivity index (χ3v) is 2.98. The van der Waals surface area contributed by atoms with E-state index < -0.39 is 11.4 Å². The fourth-order valence-corrected chi connectivity index (χ4v) is 1.70. The number of nitrogens with zero attached hydrogens (tertiary/aromatic N) is 1. The SMILES string of the molecule is COC(=O)C(C)(C)C(=O)N(C)c1cccc(OC)c1. The first-order valence-corrected chi connectivity index (χ1v) is 5.85. The van der Waals surface area contributed by atoms with Crippen LogP contribution in [0.15, 0.2) is 24.3 Å². The van der Waals surface area contributed by atoms with Gasteiger partial charge in [-0.25, -0.2) is 0 Å². The van der Waals surface area contributed by atoms with Crippen LogP contribution < -0.4 is 9.64 Å².